The van der Waals surface area contributed by atoms with E-state index in [1.54, 1.807) is 16.2 Å². The number of thiazole rings is 1. The molecule has 2 unspecified atom stereocenters. The molecule has 0 radical (unpaired) electrons. The highest BCUT2D eigenvalue weighted by Crippen LogP contribution is 2.40. The lowest BCUT2D eigenvalue weighted by Gasteiger charge is -2.44. The van der Waals surface area contributed by atoms with Crippen LogP contribution >= 0.6 is 11.3 Å². The van der Waals surface area contributed by atoms with Gasteiger partial charge in [0.1, 0.15) is 12.4 Å². The minimum Gasteiger partial charge on any atom is -0.487 e. The van der Waals surface area contributed by atoms with Crippen molar-refractivity contribution in [1.29, 1.82) is 0 Å². The number of amides is 1. The second-order valence-corrected chi connectivity index (χ2v) is 12.0. The summed E-state index contributed by atoms with van der Waals surface area (Å²) in [5.74, 6) is 0.774. The maximum Gasteiger partial charge on any atom is 0.407 e. The van der Waals surface area contributed by atoms with Crippen LogP contribution in [0.15, 0.2) is 29.6 Å². The van der Waals surface area contributed by atoms with Gasteiger partial charge in [-0.05, 0) is 36.0 Å². The Morgan fingerprint density at radius 2 is 1.88 bits per heavy atom. The average Bonchev–Trinajstić information content (AvgIpc) is 3.26. The predicted molar refractivity (Wildman–Crippen MR) is 126 cm³/mol. The Labute approximate surface area is 204 Å². The summed E-state index contributed by atoms with van der Waals surface area (Å²) in [7, 11) is -3.85. The lowest BCUT2D eigenvalue weighted by molar-refractivity contribution is 0.0525. The molecule has 11 heteroatoms. The molecule has 2 fully saturated rings. The second kappa shape index (κ2) is 9.80. The summed E-state index contributed by atoms with van der Waals surface area (Å²) in [6.07, 6.45) is 0.677. The van der Waals surface area contributed by atoms with Crippen molar-refractivity contribution in [2.45, 2.75) is 58.1 Å². The Bertz CT molecular complexity index is 1100. The summed E-state index contributed by atoms with van der Waals surface area (Å²) in [6.45, 7) is 7.22. The van der Waals surface area contributed by atoms with Gasteiger partial charge in [0.2, 0.25) is 0 Å². The van der Waals surface area contributed by atoms with Gasteiger partial charge < -0.3 is 14.7 Å². The Morgan fingerprint density at radius 3 is 2.50 bits per heavy atom. The van der Waals surface area contributed by atoms with Crippen LogP contribution in [0.4, 0.5) is 4.79 Å². The Kier molecular flexibility index (Phi) is 7.18. The molecular weight excluding hydrogens is 480 g/mol. The number of rotatable bonds is 5. The number of nitrogens with zero attached hydrogens (tertiary/aromatic N) is 2. The molecule has 2 aliphatic heterocycles. The molecule has 2 atom stereocenters. The van der Waals surface area contributed by atoms with Crippen LogP contribution in [0.3, 0.4) is 0 Å². The van der Waals surface area contributed by atoms with Gasteiger partial charge in [-0.15, -0.1) is 11.3 Å². The highest BCUT2D eigenvalue weighted by molar-refractivity contribution is 7.81. The second-order valence-electron chi connectivity index (χ2n) is 9.79. The Hall–Kier alpha value is -2.21. The monoisotopic (exact) mass is 510 g/mol. The maximum atomic E-state index is 11.7. The third-order valence-electron chi connectivity index (χ3n) is 6.33. The number of hydrogen-bond donors (Lipinski definition) is 1. The zero-order valence-electron chi connectivity index (χ0n) is 19.5. The first-order chi connectivity index (χ1) is 16.0. The van der Waals surface area contributed by atoms with E-state index in [9.17, 15) is 18.3 Å². The van der Waals surface area contributed by atoms with Crippen molar-refractivity contribution in [1.82, 2.24) is 9.88 Å². The van der Waals surface area contributed by atoms with Crippen molar-refractivity contribution in [3.63, 3.8) is 0 Å². The van der Waals surface area contributed by atoms with Gasteiger partial charge >= 0.3 is 16.5 Å². The number of carboxylic acid groups (broad SMARTS) is 1. The van der Waals surface area contributed by atoms with Crippen LogP contribution in [0.5, 0.6) is 5.75 Å². The summed E-state index contributed by atoms with van der Waals surface area (Å²) >= 11 is 1.60. The number of carbonyl (C=O) groups is 1. The van der Waals surface area contributed by atoms with Crippen LogP contribution in [0.25, 0.3) is 0 Å². The van der Waals surface area contributed by atoms with Gasteiger partial charge in [-0.2, -0.15) is 8.42 Å². The van der Waals surface area contributed by atoms with Gasteiger partial charge in [0.05, 0.1) is 23.9 Å². The Balaban J connectivity index is 1.33. The molecule has 1 N–H and O–H groups in total. The molecule has 34 heavy (non-hydrogen) atoms. The molecule has 0 spiro atoms. The number of ether oxygens (including phenoxy) is 1. The average molecular weight is 511 g/mol. The first-order valence-corrected chi connectivity index (χ1v) is 13.4. The largest absolute Gasteiger partial charge is 0.487 e. The highest BCUT2D eigenvalue weighted by Gasteiger charge is 2.39. The van der Waals surface area contributed by atoms with E-state index in [0.29, 0.717) is 18.9 Å². The molecule has 1 amide bonds. The molecule has 1 aromatic heterocycles. The standard InChI is InChI=1S/C23H30N2O7S2/c1-23(2,3)20-10-16(8-9-25(20)22(26)27)21-24-18(14-33-21)13-30-19-6-4-15(5-7-19)17-11-31-34(28,29)32-12-17/h4-7,14,16-17,20H,8-13H2,1-3H3,(H,26,27). The van der Waals surface area contributed by atoms with E-state index < -0.39 is 16.5 Å². The molecule has 2 aliphatic rings. The number of piperidine rings is 1. The normalized spacial score (nSPS) is 23.6. The molecule has 4 rings (SSSR count). The zero-order valence-corrected chi connectivity index (χ0v) is 21.1. The number of likely N-dealkylation sites (tertiary alicyclic amines) is 1. The van der Waals surface area contributed by atoms with Crippen molar-refractivity contribution >= 4 is 27.8 Å². The molecule has 0 bridgehead atoms. The number of hydrogen-bond acceptors (Lipinski definition) is 8. The van der Waals surface area contributed by atoms with Crippen molar-refractivity contribution < 1.29 is 31.4 Å². The van der Waals surface area contributed by atoms with E-state index in [4.69, 9.17) is 18.1 Å². The minimum absolute atomic E-state index is 0.0501. The summed E-state index contributed by atoms with van der Waals surface area (Å²) in [6, 6.07) is 7.37. The van der Waals surface area contributed by atoms with Crippen LogP contribution in [0.1, 0.15) is 61.7 Å². The molecule has 186 valence electrons. The summed E-state index contributed by atoms with van der Waals surface area (Å²) in [4.78, 5) is 18.0. The first-order valence-electron chi connectivity index (χ1n) is 11.2. The molecule has 2 saturated heterocycles. The van der Waals surface area contributed by atoms with Crippen LogP contribution in [-0.4, -0.2) is 55.3 Å². The minimum atomic E-state index is -3.85. The highest BCUT2D eigenvalue weighted by atomic mass is 32.3. The van der Waals surface area contributed by atoms with Crippen LogP contribution in [0, 0.1) is 5.41 Å². The smallest absolute Gasteiger partial charge is 0.407 e. The van der Waals surface area contributed by atoms with Crippen molar-refractivity contribution in [3.05, 3.63) is 45.9 Å². The Morgan fingerprint density at radius 1 is 1.21 bits per heavy atom. The van der Waals surface area contributed by atoms with Crippen LogP contribution in [0.2, 0.25) is 0 Å². The van der Waals surface area contributed by atoms with Crippen LogP contribution < -0.4 is 4.74 Å². The lowest BCUT2D eigenvalue weighted by atomic mass is 9.77. The topological polar surface area (TPSA) is 115 Å². The van der Waals surface area contributed by atoms with E-state index in [2.05, 4.69) is 20.8 Å². The quantitative estimate of drug-likeness (QED) is 0.631. The van der Waals surface area contributed by atoms with Crippen LogP contribution in [-0.2, 0) is 25.4 Å². The molecule has 2 aromatic rings. The molecule has 3 heterocycles. The molecule has 9 nitrogen and oxygen atoms in total. The zero-order chi connectivity index (χ0) is 24.5. The van der Waals surface area contributed by atoms with Crippen molar-refractivity contribution in [3.8, 4) is 5.75 Å². The molecule has 0 aliphatic carbocycles. The molecule has 0 saturated carbocycles. The van der Waals surface area contributed by atoms with Gasteiger partial charge in [0.25, 0.3) is 0 Å². The summed E-state index contributed by atoms with van der Waals surface area (Å²) in [5, 5.41) is 12.6. The molecule has 1 aromatic carbocycles. The number of benzene rings is 1. The van der Waals surface area contributed by atoms with Gasteiger partial charge in [0.15, 0.2) is 0 Å². The van der Waals surface area contributed by atoms with Gasteiger partial charge in [-0.25, -0.2) is 18.1 Å². The number of aromatic nitrogens is 1. The van der Waals surface area contributed by atoms with Gasteiger partial charge in [0, 0.05) is 29.8 Å². The lowest BCUT2D eigenvalue weighted by Crippen LogP contribution is -2.51. The van der Waals surface area contributed by atoms with E-state index >= 15 is 0 Å². The van der Waals surface area contributed by atoms with E-state index in [1.807, 2.05) is 29.6 Å². The van der Waals surface area contributed by atoms with E-state index in [-0.39, 0.29) is 36.5 Å². The van der Waals surface area contributed by atoms with Crippen molar-refractivity contribution in [2.24, 2.45) is 5.41 Å². The fourth-order valence-corrected chi connectivity index (χ4v) is 6.10. The van der Waals surface area contributed by atoms with E-state index in [1.165, 1.54) is 0 Å². The maximum absolute atomic E-state index is 11.7. The van der Waals surface area contributed by atoms with Crippen molar-refractivity contribution in [2.75, 3.05) is 19.8 Å². The van der Waals surface area contributed by atoms with Gasteiger partial charge in [-0.1, -0.05) is 32.9 Å². The first kappa shape index (κ1) is 24.9. The predicted octanol–water partition coefficient (Wildman–Crippen LogP) is 4.37. The fourth-order valence-electron chi connectivity index (χ4n) is 4.42. The molecular formula is C23H30N2O7S2. The van der Waals surface area contributed by atoms with E-state index in [0.717, 1.165) is 29.1 Å². The third kappa shape index (κ3) is 5.88. The van der Waals surface area contributed by atoms with Gasteiger partial charge in [-0.3, -0.25) is 0 Å². The SMILES string of the molecule is CC(C)(C)C1CC(c2nc(COc3ccc(C4COS(=O)(=O)OC4)cc3)cs2)CCN1C(=O)O. The fraction of sp³-hybridized carbons (Fsp3) is 0.565. The third-order valence-corrected chi connectivity index (χ3v) is 8.24. The summed E-state index contributed by atoms with van der Waals surface area (Å²) < 4.78 is 37.8. The summed E-state index contributed by atoms with van der Waals surface area (Å²) in [5.41, 5.74) is 1.62.